The molecule has 24 heavy (non-hydrogen) atoms. The summed E-state index contributed by atoms with van der Waals surface area (Å²) in [5.74, 6) is 0.198. The number of aliphatic hydroxyl groups is 1. The number of carbonyl (C=O) groups is 1. The fourth-order valence-electron chi connectivity index (χ4n) is 3.13. The molecule has 6 heteroatoms. The average Bonchev–Trinajstić information content (AvgIpc) is 3.10. The lowest BCUT2D eigenvalue weighted by Crippen LogP contribution is -2.31. The summed E-state index contributed by atoms with van der Waals surface area (Å²) in [5, 5.41) is 14.1. The van der Waals surface area contributed by atoms with Crippen LogP contribution in [0.15, 0.2) is 28.8 Å². The first-order valence-electron chi connectivity index (χ1n) is 8.05. The zero-order valence-electron chi connectivity index (χ0n) is 13.8. The summed E-state index contributed by atoms with van der Waals surface area (Å²) in [5.41, 5.74) is 2.37. The van der Waals surface area contributed by atoms with Gasteiger partial charge in [-0.2, -0.15) is 0 Å². The number of rotatable bonds is 4. The molecule has 5 nitrogen and oxygen atoms in total. The van der Waals surface area contributed by atoms with Crippen molar-refractivity contribution in [3.63, 3.8) is 0 Å². The van der Waals surface area contributed by atoms with E-state index in [-0.39, 0.29) is 24.1 Å². The number of aromatic nitrogens is 1. The Labute approximate surface area is 140 Å². The van der Waals surface area contributed by atoms with Gasteiger partial charge >= 0.3 is 0 Å². The van der Waals surface area contributed by atoms with Crippen molar-refractivity contribution in [2.45, 2.75) is 32.8 Å². The number of amides is 1. The van der Waals surface area contributed by atoms with Crippen LogP contribution in [0.3, 0.4) is 0 Å². The molecule has 1 fully saturated rings. The third-order valence-corrected chi connectivity index (χ3v) is 4.55. The lowest BCUT2D eigenvalue weighted by Gasteiger charge is -2.16. The van der Waals surface area contributed by atoms with Gasteiger partial charge in [0.2, 0.25) is 5.91 Å². The molecule has 128 valence electrons. The summed E-state index contributed by atoms with van der Waals surface area (Å²) < 4.78 is 18.6. The van der Waals surface area contributed by atoms with Gasteiger partial charge in [0.05, 0.1) is 18.2 Å². The highest BCUT2D eigenvalue weighted by Crippen LogP contribution is 2.23. The summed E-state index contributed by atoms with van der Waals surface area (Å²) in [4.78, 5) is 14.1. The Morgan fingerprint density at radius 2 is 2.17 bits per heavy atom. The molecule has 1 saturated heterocycles. The number of hydrogen-bond donors (Lipinski definition) is 1. The smallest absolute Gasteiger partial charge is 0.227 e. The molecule has 0 spiro atoms. The Morgan fingerprint density at radius 3 is 2.88 bits per heavy atom. The normalized spacial score (nSPS) is 20.6. The van der Waals surface area contributed by atoms with Gasteiger partial charge in [-0.25, -0.2) is 4.39 Å². The van der Waals surface area contributed by atoms with Crippen LogP contribution in [0.5, 0.6) is 0 Å². The average molecular weight is 332 g/mol. The summed E-state index contributed by atoms with van der Waals surface area (Å²) in [6.45, 7) is 4.46. The van der Waals surface area contributed by atoms with Crippen LogP contribution < -0.4 is 0 Å². The van der Waals surface area contributed by atoms with E-state index in [2.05, 4.69) is 5.16 Å². The molecule has 1 aromatic carbocycles. The van der Waals surface area contributed by atoms with Crippen LogP contribution in [0.1, 0.15) is 22.6 Å². The standard InChI is InChI=1S/C18H21FN2O3/c1-11-3-4-15(19)6-13(11)8-18(23)21-9-14(17(22)10-21)7-16-5-12(2)20-24-16/h3-6,14,17,22H,7-10H2,1-2H3/t14-,17+/m1/s1. The topological polar surface area (TPSA) is 66.6 Å². The van der Waals surface area contributed by atoms with E-state index in [1.54, 1.807) is 11.0 Å². The molecule has 0 unspecified atom stereocenters. The molecular weight excluding hydrogens is 311 g/mol. The van der Waals surface area contributed by atoms with E-state index in [1.165, 1.54) is 12.1 Å². The van der Waals surface area contributed by atoms with Gasteiger partial charge in [0, 0.05) is 31.5 Å². The molecule has 0 saturated carbocycles. The first-order valence-corrected chi connectivity index (χ1v) is 8.05. The number of aliphatic hydroxyl groups excluding tert-OH is 1. The van der Waals surface area contributed by atoms with Crippen molar-refractivity contribution >= 4 is 5.91 Å². The molecule has 3 rings (SSSR count). The molecule has 2 atom stereocenters. The van der Waals surface area contributed by atoms with E-state index < -0.39 is 6.10 Å². The van der Waals surface area contributed by atoms with E-state index in [0.29, 0.717) is 30.8 Å². The van der Waals surface area contributed by atoms with Crippen molar-refractivity contribution < 1.29 is 18.8 Å². The molecule has 2 heterocycles. The highest BCUT2D eigenvalue weighted by molar-refractivity contribution is 5.79. The highest BCUT2D eigenvalue weighted by Gasteiger charge is 2.34. The monoisotopic (exact) mass is 332 g/mol. The largest absolute Gasteiger partial charge is 0.391 e. The van der Waals surface area contributed by atoms with Crippen LogP contribution in [0.2, 0.25) is 0 Å². The van der Waals surface area contributed by atoms with Gasteiger partial charge < -0.3 is 14.5 Å². The highest BCUT2D eigenvalue weighted by atomic mass is 19.1. The van der Waals surface area contributed by atoms with E-state index in [9.17, 15) is 14.3 Å². The Morgan fingerprint density at radius 1 is 1.38 bits per heavy atom. The molecule has 0 aliphatic carbocycles. The van der Waals surface area contributed by atoms with Crippen LogP contribution in [-0.4, -0.2) is 40.3 Å². The van der Waals surface area contributed by atoms with Crippen molar-refractivity contribution in [1.29, 1.82) is 0 Å². The summed E-state index contributed by atoms with van der Waals surface area (Å²) >= 11 is 0. The van der Waals surface area contributed by atoms with Crippen LogP contribution >= 0.6 is 0 Å². The minimum Gasteiger partial charge on any atom is -0.391 e. The summed E-state index contributed by atoms with van der Waals surface area (Å²) in [7, 11) is 0. The number of aryl methyl sites for hydroxylation is 2. The van der Waals surface area contributed by atoms with Crippen molar-refractivity contribution in [3.05, 3.63) is 52.7 Å². The number of carbonyl (C=O) groups excluding carboxylic acids is 1. The minimum atomic E-state index is -0.590. The number of nitrogens with zero attached hydrogens (tertiary/aromatic N) is 2. The Hall–Kier alpha value is -2.21. The summed E-state index contributed by atoms with van der Waals surface area (Å²) in [6, 6.07) is 6.30. The number of hydrogen-bond acceptors (Lipinski definition) is 4. The second-order valence-electron chi connectivity index (χ2n) is 6.51. The minimum absolute atomic E-state index is 0.0742. The first kappa shape index (κ1) is 16.6. The Balaban J connectivity index is 1.63. The van der Waals surface area contributed by atoms with E-state index >= 15 is 0 Å². The third kappa shape index (κ3) is 3.64. The van der Waals surface area contributed by atoms with E-state index in [4.69, 9.17) is 4.52 Å². The quantitative estimate of drug-likeness (QED) is 0.930. The fourth-order valence-corrected chi connectivity index (χ4v) is 3.13. The van der Waals surface area contributed by atoms with Crippen molar-refractivity contribution in [1.82, 2.24) is 10.1 Å². The van der Waals surface area contributed by atoms with Gasteiger partial charge in [0.25, 0.3) is 0 Å². The predicted molar refractivity (Wildman–Crippen MR) is 85.9 cm³/mol. The molecule has 1 amide bonds. The predicted octanol–water partition coefficient (Wildman–Crippen LogP) is 2.04. The van der Waals surface area contributed by atoms with Crippen LogP contribution in [-0.2, 0) is 17.6 Å². The lowest BCUT2D eigenvalue weighted by atomic mass is 10.0. The first-order chi connectivity index (χ1) is 11.4. The number of β-amino-alcohol motifs (C(OH)–C–C–N with tert-alkyl or cyclic N) is 1. The number of benzene rings is 1. The van der Waals surface area contributed by atoms with Gasteiger partial charge in [-0.15, -0.1) is 0 Å². The zero-order valence-corrected chi connectivity index (χ0v) is 13.8. The van der Waals surface area contributed by atoms with Crippen molar-refractivity contribution in [2.75, 3.05) is 13.1 Å². The van der Waals surface area contributed by atoms with Crippen LogP contribution in [0.25, 0.3) is 0 Å². The SMILES string of the molecule is Cc1cc(C[C@@H]2CN(C(=O)Cc3cc(F)ccc3C)C[C@@H]2O)on1. The molecule has 1 aliphatic heterocycles. The van der Waals surface area contributed by atoms with Gasteiger partial charge in [0.15, 0.2) is 0 Å². The zero-order chi connectivity index (χ0) is 17.3. The van der Waals surface area contributed by atoms with Crippen LogP contribution in [0, 0.1) is 25.6 Å². The van der Waals surface area contributed by atoms with E-state index in [0.717, 1.165) is 11.3 Å². The molecule has 2 aromatic rings. The van der Waals surface area contributed by atoms with Crippen molar-refractivity contribution in [2.24, 2.45) is 5.92 Å². The maximum Gasteiger partial charge on any atom is 0.227 e. The molecule has 1 N–H and O–H groups in total. The molecule has 0 bridgehead atoms. The maximum absolute atomic E-state index is 13.4. The Kier molecular flexibility index (Phi) is 4.66. The fraction of sp³-hybridized carbons (Fsp3) is 0.444. The maximum atomic E-state index is 13.4. The van der Waals surface area contributed by atoms with Gasteiger partial charge in [-0.3, -0.25) is 4.79 Å². The second-order valence-corrected chi connectivity index (χ2v) is 6.51. The van der Waals surface area contributed by atoms with Gasteiger partial charge in [0.1, 0.15) is 11.6 Å². The number of halogens is 1. The second kappa shape index (κ2) is 6.73. The van der Waals surface area contributed by atoms with Gasteiger partial charge in [-0.1, -0.05) is 11.2 Å². The van der Waals surface area contributed by atoms with Crippen molar-refractivity contribution in [3.8, 4) is 0 Å². The number of likely N-dealkylation sites (tertiary alicyclic amines) is 1. The molecule has 1 aromatic heterocycles. The molecule has 1 aliphatic rings. The third-order valence-electron chi connectivity index (χ3n) is 4.55. The Bertz CT molecular complexity index is 744. The van der Waals surface area contributed by atoms with Gasteiger partial charge in [-0.05, 0) is 37.1 Å². The molecular formula is C18H21FN2O3. The van der Waals surface area contributed by atoms with Crippen LogP contribution in [0.4, 0.5) is 4.39 Å². The summed E-state index contributed by atoms with van der Waals surface area (Å²) in [6.07, 6.45) is 0.0999. The molecule has 0 radical (unpaired) electrons. The lowest BCUT2D eigenvalue weighted by molar-refractivity contribution is -0.129. The van der Waals surface area contributed by atoms with E-state index in [1.807, 2.05) is 19.9 Å².